The van der Waals surface area contributed by atoms with Crippen LogP contribution in [0.3, 0.4) is 0 Å². The maximum absolute atomic E-state index is 13.1. The molecule has 142 valence electrons. The number of amides is 2. The van der Waals surface area contributed by atoms with E-state index in [1.165, 1.54) is 0 Å². The van der Waals surface area contributed by atoms with E-state index in [0.717, 1.165) is 18.7 Å². The van der Waals surface area contributed by atoms with Crippen molar-refractivity contribution in [2.45, 2.75) is 26.8 Å². The van der Waals surface area contributed by atoms with E-state index < -0.39 is 5.41 Å². The van der Waals surface area contributed by atoms with E-state index in [0.29, 0.717) is 32.0 Å². The molecular weight excluding hydrogens is 328 g/mol. The van der Waals surface area contributed by atoms with E-state index in [1.807, 2.05) is 31.3 Å². The highest BCUT2D eigenvalue weighted by atomic mass is 16.2. The number of fused-ring (bicyclic) bond motifs is 1. The third kappa shape index (κ3) is 3.61. The molecule has 1 aromatic heterocycles. The summed E-state index contributed by atoms with van der Waals surface area (Å²) in [5.74, 6) is 0.867. The number of rotatable bonds is 5. The zero-order valence-corrected chi connectivity index (χ0v) is 16.3. The number of carbonyl (C=O) groups is 2. The fourth-order valence-corrected chi connectivity index (χ4v) is 4.46. The Morgan fingerprint density at radius 2 is 2.08 bits per heavy atom. The van der Waals surface area contributed by atoms with E-state index in [2.05, 4.69) is 29.8 Å². The van der Waals surface area contributed by atoms with Gasteiger partial charge < -0.3 is 9.80 Å². The second-order valence-corrected chi connectivity index (χ2v) is 8.46. The molecule has 1 aromatic rings. The molecule has 2 saturated heterocycles. The molecule has 0 N–H and O–H groups in total. The first-order valence-corrected chi connectivity index (χ1v) is 9.42. The number of aromatic nitrogens is 1. The summed E-state index contributed by atoms with van der Waals surface area (Å²) in [4.78, 5) is 35.8. The Bertz CT molecular complexity index is 661. The Labute approximate surface area is 156 Å². The minimum atomic E-state index is -0.474. The van der Waals surface area contributed by atoms with Crippen molar-refractivity contribution in [3.8, 4) is 0 Å². The maximum Gasteiger partial charge on any atom is 0.231 e. The van der Waals surface area contributed by atoms with E-state index in [-0.39, 0.29) is 17.7 Å². The van der Waals surface area contributed by atoms with Crippen LogP contribution in [0.1, 0.15) is 25.8 Å². The first-order chi connectivity index (χ1) is 12.3. The van der Waals surface area contributed by atoms with Crippen LogP contribution in [-0.4, -0.2) is 71.8 Å². The smallest absolute Gasteiger partial charge is 0.231 e. The summed E-state index contributed by atoms with van der Waals surface area (Å²) in [5.41, 5.74) is 0.686. The van der Waals surface area contributed by atoms with Gasteiger partial charge in [0.2, 0.25) is 11.8 Å². The van der Waals surface area contributed by atoms with Crippen molar-refractivity contribution in [1.29, 1.82) is 0 Å². The number of hydrogen-bond donors (Lipinski definition) is 0. The molecular formula is C20H30N4O2. The molecule has 26 heavy (non-hydrogen) atoms. The SMILES string of the molecule is CC(C)CC(=O)N1C[C@@H]2CN(Cc3cccnc3)C[C@]2(C(=O)N(C)C)C1. The molecule has 0 spiro atoms. The standard InChI is InChI=1S/C20H30N4O2/c1-15(2)8-18(25)24-12-17-11-23(10-16-6-5-7-21-9-16)13-20(17,14-24)19(26)22(3)4/h5-7,9,15,17H,8,10-14H2,1-4H3/t17-,20-/m0/s1. The second kappa shape index (κ2) is 7.35. The minimum absolute atomic E-state index is 0.149. The molecule has 0 unspecified atom stereocenters. The average molecular weight is 358 g/mol. The lowest BCUT2D eigenvalue weighted by Gasteiger charge is -2.31. The van der Waals surface area contributed by atoms with Crippen molar-refractivity contribution >= 4 is 11.8 Å². The van der Waals surface area contributed by atoms with Gasteiger partial charge in [0.25, 0.3) is 0 Å². The average Bonchev–Trinajstić information content (AvgIpc) is 3.09. The van der Waals surface area contributed by atoms with Gasteiger partial charge >= 0.3 is 0 Å². The summed E-state index contributed by atoms with van der Waals surface area (Å²) in [6.07, 6.45) is 4.21. The number of hydrogen-bond acceptors (Lipinski definition) is 4. The summed E-state index contributed by atoms with van der Waals surface area (Å²) in [6, 6.07) is 4.01. The van der Waals surface area contributed by atoms with Gasteiger partial charge in [0.1, 0.15) is 0 Å². The Morgan fingerprint density at radius 3 is 2.69 bits per heavy atom. The van der Waals surface area contributed by atoms with Gasteiger partial charge in [-0.1, -0.05) is 19.9 Å². The minimum Gasteiger partial charge on any atom is -0.348 e. The first kappa shape index (κ1) is 18.8. The number of pyridine rings is 1. The predicted molar refractivity (Wildman–Crippen MR) is 100 cm³/mol. The third-order valence-electron chi connectivity index (χ3n) is 5.58. The molecule has 2 fully saturated rings. The van der Waals surface area contributed by atoms with Crippen LogP contribution in [0.4, 0.5) is 0 Å². The quantitative estimate of drug-likeness (QED) is 0.800. The van der Waals surface area contributed by atoms with E-state index in [9.17, 15) is 9.59 Å². The molecule has 0 aromatic carbocycles. The molecule has 0 saturated carbocycles. The first-order valence-electron chi connectivity index (χ1n) is 9.42. The van der Waals surface area contributed by atoms with Gasteiger partial charge in [-0.3, -0.25) is 19.5 Å². The van der Waals surface area contributed by atoms with Crippen molar-refractivity contribution in [3.63, 3.8) is 0 Å². The van der Waals surface area contributed by atoms with Gasteiger partial charge in [0.15, 0.2) is 0 Å². The lowest BCUT2D eigenvalue weighted by Crippen LogP contribution is -2.47. The van der Waals surface area contributed by atoms with E-state index in [1.54, 1.807) is 11.1 Å². The lowest BCUT2D eigenvalue weighted by atomic mass is 9.80. The van der Waals surface area contributed by atoms with Crippen LogP contribution >= 0.6 is 0 Å². The predicted octanol–water partition coefficient (Wildman–Crippen LogP) is 1.48. The Morgan fingerprint density at radius 1 is 1.31 bits per heavy atom. The van der Waals surface area contributed by atoms with Crippen LogP contribution in [0.5, 0.6) is 0 Å². The number of carbonyl (C=O) groups excluding carboxylic acids is 2. The molecule has 3 heterocycles. The zero-order chi connectivity index (χ0) is 18.9. The molecule has 2 atom stereocenters. The largest absolute Gasteiger partial charge is 0.348 e. The van der Waals surface area contributed by atoms with Gasteiger partial charge in [-0.2, -0.15) is 0 Å². The van der Waals surface area contributed by atoms with Crippen molar-refractivity contribution in [2.24, 2.45) is 17.3 Å². The molecule has 2 aliphatic heterocycles. The molecule has 0 bridgehead atoms. The third-order valence-corrected chi connectivity index (χ3v) is 5.58. The van der Waals surface area contributed by atoms with Gasteiger partial charge in [0.05, 0.1) is 5.41 Å². The highest BCUT2D eigenvalue weighted by molar-refractivity contribution is 5.86. The summed E-state index contributed by atoms with van der Waals surface area (Å²) < 4.78 is 0. The van der Waals surface area contributed by atoms with Crippen molar-refractivity contribution in [1.82, 2.24) is 19.7 Å². The fourth-order valence-electron chi connectivity index (χ4n) is 4.46. The summed E-state index contributed by atoms with van der Waals surface area (Å²) >= 11 is 0. The van der Waals surface area contributed by atoms with Crippen molar-refractivity contribution in [2.75, 3.05) is 40.3 Å². The molecule has 3 rings (SSSR count). The number of likely N-dealkylation sites (tertiary alicyclic amines) is 2. The highest BCUT2D eigenvalue weighted by Crippen LogP contribution is 2.44. The van der Waals surface area contributed by atoms with Crippen LogP contribution in [0, 0.1) is 17.3 Å². The van der Waals surface area contributed by atoms with Gasteiger partial charge in [-0.25, -0.2) is 0 Å². The summed E-state index contributed by atoms with van der Waals surface area (Å²) in [6.45, 7) is 7.70. The molecule has 2 amide bonds. The van der Waals surface area contributed by atoms with Gasteiger partial charge in [-0.15, -0.1) is 0 Å². The topological polar surface area (TPSA) is 56.8 Å². The number of nitrogens with zero attached hydrogens (tertiary/aromatic N) is 4. The summed E-state index contributed by atoms with van der Waals surface area (Å²) in [7, 11) is 3.63. The zero-order valence-electron chi connectivity index (χ0n) is 16.3. The normalized spacial score (nSPS) is 25.6. The van der Waals surface area contributed by atoms with Crippen LogP contribution in [0.15, 0.2) is 24.5 Å². The lowest BCUT2D eigenvalue weighted by molar-refractivity contribution is -0.140. The molecule has 6 heteroatoms. The van der Waals surface area contributed by atoms with E-state index in [4.69, 9.17) is 0 Å². The second-order valence-electron chi connectivity index (χ2n) is 8.46. The van der Waals surface area contributed by atoms with Crippen molar-refractivity contribution in [3.05, 3.63) is 30.1 Å². The Hall–Kier alpha value is -1.95. The molecule has 2 aliphatic rings. The Balaban J connectivity index is 1.76. The van der Waals surface area contributed by atoms with Crippen LogP contribution in [0.2, 0.25) is 0 Å². The van der Waals surface area contributed by atoms with E-state index >= 15 is 0 Å². The monoisotopic (exact) mass is 358 g/mol. The van der Waals surface area contributed by atoms with Gasteiger partial charge in [-0.05, 0) is 17.5 Å². The molecule has 6 nitrogen and oxygen atoms in total. The van der Waals surface area contributed by atoms with Crippen LogP contribution in [-0.2, 0) is 16.1 Å². The highest BCUT2D eigenvalue weighted by Gasteiger charge is 2.58. The summed E-state index contributed by atoms with van der Waals surface area (Å²) in [5, 5.41) is 0. The molecule has 0 radical (unpaired) electrons. The fraction of sp³-hybridized carbons (Fsp3) is 0.650. The Kier molecular flexibility index (Phi) is 5.32. The molecule has 0 aliphatic carbocycles. The maximum atomic E-state index is 13.1. The van der Waals surface area contributed by atoms with Gasteiger partial charge in [0, 0.05) is 71.6 Å². The van der Waals surface area contributed by atoms with Crippen molar-refractivity contribution < 1.29 is 9.59 Å². The van der Waals surface area contributed by atoms with Crippen LogP contribution in [0.25, 0.3) is 0 Å². The van der Waals surface area contributed by atoms with Crippen LogP contribution < -0.4 is 0 Å².